The fourth-order valence-corrected chi connectivity index (χ4v) is 2.91. The lowest BCUT2D eigenvalue weighted by molar-refractivity contribution is 0.414. The van der Waals surface area contributed by atoms with Crippen LogP contribution in [0.1, 0.15) is 11.1 Å². The number of hydrogen-bond donors (Lipinski definition) is 1. The Labute approximate surface area is 138 Å². The van der Waals surface area contributed by atoms with Gasteiger partial charge in [-0.25, -0.2) is 4.83 Å². The molecule has 0 aromatic heterocycles. The maximum atomic E-state index is 12.1. The molecule has 2 aromatic rings. The molecule has 0 saturated carbocycles. The Kier molecular flexibility index (Phi) is 5.20. The van der Waals surface area contributed by atoms with Crippen molar-refractivity contribution in [1.29, 1.82) is 0 Å². The summed E-state index contributed by atoms with van der Waals surface area (Å²) in [6.07, 6.45) is 1.40. The summed E-state index contributed by atoms with van der Waals surface area (Å²) in [5.74, 6) is 0.599. The van der Waals surface area contributed by atoms with Gasteiger partial charge in [0.15, 0.2) is 0 Å². The molecule has 2 rings (SSSR count). The van der Waals surface area contributed by atoms with Gasteiger partial charge in [0.2, 0.25) is 0 Å². The molecule has 1 N–H and O–H groups in total. The molecular weight excluding hydrogens is 368 g/mol. The van der Waals surface area contributed by atoms with Gasteiger partial charge in [0, 0.05) is 10.0 Å². The van der Waals surface area contributed by atoms with Crippen LogP contribution in [-0.2, 0) is 10.0 Å². The number of nitrogens with one attached hydrogen (secondary N) is 1. The molecule has 0 aliphatic rings. The summed E-state index contributed by atoms with van der Waals surface area (Å²) in [4.78, 5) is 2.35. The molecule has 0 saturated heterocycles. The molecule has 0 amide bonds. The van der Waals surface area contributed by atoms with Crippen molar-refractivity contribution in [2.24, 2.45) is 5.10 Å². The van der Waals surface area contributed by atoms with Crippen LogP contribution >= 0.6 is 15.9 Å². The van der Waals surface area contributed by atoms with Gasteiger partial charge in [-0.3, -0.25) is 0 Å². The van der Waals surface area contributed by atoms with Gasteiger partial charge in [-0.05, 0) is 37.3 Å². The third-order valence-corrected chi connectivity index (χ3v) is 4.63. The van der Waals surface area contributed by atoms with E-state index < -0.39 is 10.0 Å². The van der Waals surface area contributed by atoms with Gasteiger partial charge < -0.3 is 4.74 Å². The van der Waals surface area contributed by atoms with Crippen LogP contribution in [-0.4, -0.2) is 21.7 Å². The predicted octanol–water partition coefficient (Wildman–Crippen LogP) is 3.08. The van der Waals surface area contributed by atoms with E-state index >= 15 is 0 Å². The smallest absolute Gasteiger partial charge is 0.276 e. The highest BCUT2D eigenvalue weighted by atomic mass is 79.9. The van der Waals surface area contributed by atoms with E-state index in [4.69, 9.17) is 4.74 Å². The number of ether oxygens (including phenoxy) is 1. The fraction of sp³-hybridized carbons (Fsp3) is 0.133. The second kappa shape index (κ2) is 6.93. The van der Waals surface area contributed by atoms with Gasteiger partial charge in [0.25, 0.3) is 10.0 Å². The summed E-state index contributed by atoms with van der Waals surface area (Å²) in [5, 5.41) is 3.80. The van der Waals surface area contributed by atoms with Crippen LogP contribution in [0.4, 0.5) is 0 Å². The molecule has 0 aliphatic carbocycles. The van der Waals surface area contributed by atoms with Crippen LogP contribution in [0.5, 0.6) is 5.75 Å². The number of rotatable bonds is 5. The minimum Gasteiger partial charge on any atom is -0.496 e. The average Bonchev–Trinajstić information content (AvgIpc) is 2.48. The highest BCUT2D eigenvalue weighted by Gasteiger charge is 2.12. The van der Waals surface area contributed by atoms with Crippen molar-refractivity contribution in [2.75, 3.05) is 7.11 Å². The largest absolute Gasteiger partial charge is 0.496 e. The molecule has 116 valence electrons. The lowest BCUT2D eigenvalue weighted by Gasteiger charge is -2.06. The molecule has 0 unspecified atom stereocenters. The zero-order chi connectivity index (χ0) is 16.2. The summed E-state index contributed by atoms with van der Waals surface area (Å²) < 4.78 is 30.2. The van der Waals surface area contributed by atoms with Crippen molar-refractivity contribution in [1.82, 2.24) is 4.83 Å². The van der Waals surface area contributed by atoms with E-state index in [1.54, 1.807) is 24.3 Å². The first-order valence-corrected chi connectivity index (χ1v) is 8.65. The second-order valence-electron chi connectivity index (χ2n) is 4.55. The lowest BCUT2D eigenvalue weighted by Crippen LogP contribution is -2.18. The van der Waals surface area contributed by atoms with Gasteiger partial charge in [-0.1, -0.05) is 33.6 Å². The highest BCUT2D eigenvalue weighted by molar-refractivity contribution is 9.10. The third-order valence-electron chi connectivity index (χ3n) is 2.90. The second-order valence-corrected chi connectivity index (χ2v) is 7.13. The molecule has 5 nitrogen and oxygen atoms in total. The molecule has 0 atom stereocenters. The first-order chi connectivity index (χ1) is 10.4. The molecular formula is C15H15BrN2O3S. The average molecular weight is 383 g/mol. The fourth-order valence-electron chi connectivity index (χ4n) is 1.74. The van der Waals surface area contributed by atoms with E-state index in [9.17, 15) is 8.42 Å². The van der Waals surface area contributed by atoms with E-state index in [1.807, 2.05) is 13.0 Å². The van der Waals surface area contributed by atoms with Gasteiger partial charge in [-0.2, -0.15) is 13.5 Å². The maximum Gasteiger partial charge on any atom is 0.276 e. The van der Waals surface area contributed by atoms with Gasteiger partial charge in [-0.15, -0.1) is 0 Å². The SMILES string of the molecule is COc1ccc(Br)cc1/C=N/NS(=O)(=O)c1ccc(C)cc1. The van der Waals surface area contributed by atoms with Crippen molar-refractivity contribution in [2.45, 2.75) is 11.8 Å². The van der Waals surface area contributed by atoms with Gasteiger partial charge in [0.05, 0.1) is 18.2 Å². The van der Waals surface area contributed by atoms with E-state index in [0.29, 0.717) is 11.3 Å². The quantitative estimate of drug-likeness (QED) is 0.638. The maximum absolute atomic E-state index is 12.1. The molecule has 0 heterocycles. The van der Waals surface area contributed by atoms with Crippen LogP contribution in [0.3, 0.4) is 0 Å². The first-order valence-electron chi connectivity index (χ1n) is 6.37. The summed E-state index contributed by atoms with van der Waals surface area (Å²) in [6, 6.07) is 11.9. The van der Waals surface area contributed by atoms with Gasteiger partial charge in [0.1, 0.15) is 5.75 Å². The predicted molar refractivity (Wildman–Crippen MR) is 89.8 cm³/mol. The number of methoxy groups -OCH3 is 1. The Bertz CT molecular complexity index is 787. The molecule has 0 aliphatic heterocycles. The van der Waals surface area contributed by atoms with E-state index in [2.05, 4.69) is 25.9 Å². The molecule has 22 heavy (non-hydrogen) atoms. The molecule has 0 bridgehead atoms. The monoisotopic (exact) mass is 382 g/mol. The highest BCUT2D eigenvalue weighted by Crippen LogP contribution is 2.21. The Hall–Kier alpha value is -1.86. The van der Waals surface area contributed by atoms with Crippen molar-refractivity contribution >= 4 is 32.2 Å². The van der Waals surface area contributed by atoms with E-state index in [0.717, 1.165) is 10.0 Å². The number of nitrogens with zero attached hydrogens (tertiary/aromatic N) is 1. The summed E-state index contributed by atoms with van der Waals surface area (Å²) in [7, 11) is -2.14. The number of benzene rings is 2. The minimum absolute atomic E-state index is 0.163. The normalized spacial score (nSPS) is 11.6. The van der Waals surface area contributed by atoms with Crippen LogP contribution in [0.25, 0.3) is 0 Å². The van der Waals surface area contributed by atoms with Crippen molar-refractivity contribution in [3.8, 4) is 5.75 Å². The number of hydrazone groups is 1. The van der Waals surface area contributed by atoms with Crippen molar-refractivity contribution < 1.29 is 13.2 Å². The molecule has 0 radical (unpaired) electrons. The third kappa shape index (κ3) is 4.08. The standard InChI is InChI=1S/C15H15BrN2O3S/c1-11-3-6-14(7-4-11)22(19,20)18-17-10-12-9-13(16)5-8-15(12)21-2/h3-10,18H,1-2H3/b17-10+. The zero-order valence-corrected chi connectivity index (χ0v) is 14.5. The molecule has 0 spiro atoms. The van der Waals surface area contributed by atoms with E-state index in [-0.39, 0.29) is 4.90 Å². The number of halogens is 1. The zero-order valence-electron chi connectivity index (χ0n) is 12.1. The van der Waals surface area contributed by atoms with Crippen LogP contribution in [0, 0.1) is 6.92 Å². The molecule has 2 aromatic carbocycles. The number of sulfonamides is 1. The van der Waals surface area contributed by atoms with Crippen molar-refractivity contribution in [3.63, 3.8) is 0 Å². The van der Waals surface area contributed by atoms with Crippen LogP contribution < -0.4 is 9.57 Å². The Morgan fingerprint density at radius 1 is 1.18 bits per heavy atom. The molecule has 7 heteroatoms. The Morgan fingerprint density at radius 2 is 1.86 bits per heavy atom. The molecule has 0 fully saturated rings. The minimum atomic E-state index is -3.68. The number of aryl methyl sites for hydroxylation is 1. The Balaban J connectivity index is 2.18. The summed E-state index contributed by atoms with van der Waals surface area (Å²) in [5.41, 5.74) is 1.64. The van der Waals surface area contributed by atoms with Gasteiger partial charge >= 0.3 is 0 Å². The topological polar surface area (TPSA) is 67.8 Å². The first kappa shape index (κ1) is 16.5. The van der Waals surface area contributed by atoms with E-state index in [1.165, 1.54) is 25.5 Å². The van der Waals surface area contributed by atoms with Crippen LogP contribution in [0.15, 0.2) is 56.9 Å². The Morgan fingerprint density at radius 3 is 2.50 bits per heavy atom. The lowest BCUT2D eigenvalue weighted by atomic mass is 10.2. The van der Waals surface area contributed by atoms with Crippen molar-refractivity contribution in [3.05, 3.63) is 58.1 Å². The summed E-state index contributed by atoms with van der Waals surface area (Å²) >= 11 is 3.34. The number of hydrogen-bond acceptors (Lipinski definition) is 4. The van der Waals surface area contributed by atoms with Crippen LogP contribution in [0.2, 0.25) is 0 Å². The summed E-state index contributed by atoms with van der Waals surface area (Å²) in [6.45, 7) is 1.89.